The molecule has 0 saturated heterocycles. The molecule has 0 unspecified atom stereocenters. The van der Waals surface area contributed by atoms with Crippen molar-refractivity contribution in [1.82, 2.24) is 0 Å². The van der Waals surface area contributed by atoms with Crippen LogP contribution in [0.25, 0.3) is 75.1 Å². The van der Waals surface area contributed by atoms with Gasteiger partial charge < -0.3 is 9.32 Å². The fourth-order valence-electron chi connectivity index (χ4n) is 7.46. The average Bonchev–Trinajstić information content (AvgIpc) is 3.74. The van der Waals surface area contributed by atoms with E-state index in [0.717, 1.165) is 44.6 Å². The number of benzene rings is 8. The van der Waals surface area contributed by atoms with Crippen LogP contribution >= 0.6 is 11.3 Å². The van der Waals surface area contributed by atoms with Crippen LogP contribution in [0, 0.1) is 0 Å². The third-order valence-corrected chi connectivity index (χ3v) is 10.9. The smallest absolute Gasteiger partial charge is 0.137 e. The van der Waals surface area contributed by atoms with E-state index in [9.17, 15) is 0 Å². The lowest BCUT2D eigenvalue weighted by Gasteiger charge is -2.30. The molecule has 0 aliphatic heterocycles. The third-order valence-electron chi connectivity index (χ3n) is 9.67. The van der Waals surface area contributed by atoms with Gasteiger partial charge in [-0.3, -0.25) is 0 Å². The Morgan fingerprint density at radius 3 is 1.92 bits per heavy atom. The first-order chi connectivity index (χ1) is 24.3. The van der Waals surface area contributed by atoms with Crippen LogP contribution in [-0.2, 0) is 0 Å². The SMILES string of the molecule is c1ccc(N(c2ccccc2-c2cccc3c2sc2ccccc23)c2cccc3oc4ccccc4c23)c(-c2ccc3ccccc3c2)c1. The number of thiophene rings is 1. The Labute approximate surface area is 287 Å². The number of anilines is 3. The average molecular weight is 644 g/mol. The second kappa shape index (κ2) is 11.2. The first-order valence-corrected chi connectivity index (χ1v) is 17.4. The number of rotatable bonds is 5. The van der Waals surface area contributed by atoms with Crippen molar-refractivity contribution in [1.29, 1.82) is 0 Å². The van der Waals surface area contributed by atoms with Crippen molar-refractivity contribution in [2.24, 2.45) is 0 Å². The van der Waals surface area contributed by atoms with Gasteiger partial charge in [0.05, 0.1) is 22.4 Å². The van der Waals surface area contributed by atoms with E-state index in [2.05, 4.69) is 175 Å². The van der Waals surface area contributed by atoms with E-state index >= 15 is 0 Å². The van der Waals surface area contributed by atoms with Crippen molar-refractivity contribution in [2.75, 3.05) is 4.90 Å². The van der Waals surface area contributed by atoms with E-state index in [0.29, 0.717) is 0 Å². The highest BCUT2D eigenvalue weighted by atomic mass is 32.1. The quantitative estimate of drug-likeness (QED) is 0.186. The summed E-state index contributed by atoms with van der Waals surface area (Å²) in [6, 6.07) is 63.3. The van der Waals surface area contributed by atoms with E-state index in [1.165, 1.54) is 47.6 Å². The molecule has 49 heavy (non-hydrogen) atoms. The number of para-hydroxylation sites is 3. The van der Waals surface area contributed by atoms with Crippen molar-refractivity contribution in [2.45, 2.75) is 0 Å². The van der Waals surface area contributed by atoms with Crippen LogP contribution in [0.3, 0.4) is 0 Å². The van der Waals surface area contributed by atoms with Gasteiger partial charge in [0.25, 0.3) is 0 Å². The zero-order chi connectivity index (χ0) is 32.3. The highest BCUT2D eigenvalue weighted by Crippen LogP contribution is 2.50. The van der Waals surface area contributed by atoms with Gasteiger partial charge in [0.1, 0.15) is 11.2 Å². The van der Waals surface area contributed by atoms with Crippen LogP contribution in [0.15, 0.2) is 180 Å². The van der Waals surface area contributed by atoms with Gasteiger partial charge in [-0.2, -0.15) is 0 Å². The minimum absolute atomic E-state index is 0.871. The molecule has 0 fully saturated rings. The predicted octanol–water partition coefficient (Wildman–Crippen LogP) is 13.9. The molecule has 8 aromatic carbocycles. The van der Waals surface area contributed by atoms with Gasteiger partial charge in [-0.25, -0.2) is 0 Å². The Hall–Kier alpha value is -6.16. The van der Waals surface area contributed by atoms with Gasteiger partial charge in [-0.1, -0.05) is 133 Å². The molecule has 0 aliphatic rings. The minimum Gasteiger partial charge on any atom is -0.456 e. The molecule has 10 aromatic rings. The van der Waals surface area contributed by atoms with Crippen LogP contribution < -0.4 is 4.90 Å². The fraction of sp³-hybridized carbons (Fsp3) is 0. The number of fused-ring (bicyclic) bond motifs is 7. The molecular formula is C46H29NOS. The third kappa shape index (κ3) is 4.47. The maximum atomic E-state index is 6.46. The summed E-state index contributed by atoms with van der Waals surface area (Å²) in [4.78, 5) is 2.45. The molecule has 10 rings (SSSR count). The van der Waals surface area contributed by atoms with Crippen molar-refractivity contribution in [3.8, 4) is 22.3 Å². The fourth-order valence-corrected chi connectivity index (χ4v) is 8.69. The summed E-state index contributed by atoms with van der Waals surface area (Å²) in [5, 5.41) is 7.25. The van der Waals surface area contributed by atoms with Gasteiger partial charge in [0.15, 0.2) is 0 Å². The van der Waals surface area contributed by atoms with Gasteiger partial charge in [0, 0.05) is 42.2 Å². The maximum absolute atomic E-state index is 6.46. The summed E-state index contributed by atoms with van der Waals surface area (Å²) >= 11 is 1.87. The Balaban J connectivity index is 1.29. The summed E-state index contributed by atoms with van der Waals surface area (Å²) in [5.74, 6) is 0. The standard InChI is InChI=1S/C46H29NOS/c1-2-14-31-29-32(28-27-30(31)13-1)33-15-3-7-21-39(33)47(41-23-12-25-43-45(41)38-18-5-9-24-42(38)48-43)40-22-8-4-16-34(40)36-19-11-20-37-35-17-6-10-26-44(35)49-46(36)37/h1-29H. The minimum atomic E-state index is 0.871. The summed E-state index contributed by atoms with van der Waals surface area (Å²) in [6.45, 7) is 0. The van der Waals surface area contributed by atoms with Gasteiger partial charge in [-0.05, 0) is 58.8 Å². The largest absolute Gasteiger partial charge is 0.456 e. The van der Waals surface area contributed by atoms with Crippen molar-refractivity contribution in [3.63, 3.8) is 0 Å². The Bertz CT molecular complexity index is 2860. The molecule has 230 valence electrons. The zero-order valence-corrected chi connectivity index (χ0v) is 27.3. The van der Waals surface area contributed by atoms with Crippen LogP contribution in [0.5, 0.6) is 0 Å². The van der Waals surface area contributed by atoms with Crippen molar-refractivity contribution >= 4 is 81.3 Å². The summed E-state index contributed by atoms with van der Waals surface area (Å²) in [7, 11) is 0. The normalized spacial score (nSPS) is 11.7. The highest BCUT2D eigenvalue weighted by Gasteiger charge is 2.25. The van der Waals surface area contributed by atoms with Crippen LogP contribution in [-0.4, -0.2) is 0 Å². The molecule has 0 radical (unpaired) electrons. The predicted molar refractivity (Wildman–Crippen MR) is 210 cm³/mol. The Morgan fingerprint density at radius 1 is 0.408 bits per heavy atom. The number of hydrogen-bond acceptors (Lipinski definition) is 3. The molecule has 0 aliphatic carbocycles. The zero-order valence-electron chi connectivity index (χ0n) is 26.5. The summed E-state index contributed by atoms with van der Waals surface area (Å²) in [6.07, 6.45) is 0. The lowest BCUT2D eigenvalue weighted by molar-refractivity contribution is 0.669. The van der Waals surface area contributed by atoms with E-state index in [1.54, 1.807) is 0 Å². The molecule has 2 heterocycles. The molecule has 0 saturated carbocycles. The van der Waals surface area contributed by atoms with Gasteiger partial charge >= 0.3 is 0 Å². The molecular weight excluding hydrogens is 615 g/mol. The van der Waals surface area contributed by atoms with Crippen LogP contribution in [0.4, 0.5) is 17.1 Å². The molecule has 0 bridgehead atoms. The molecule has 3 heteroatoms. The van der Waals surface area contributed by atoms with E-state index < -0.39 is 0 Å². The molecule has 0 N–H and O–H groups in total. The summed E-state index contributed by atoms with van der Waals surface area (Å²) in [5.41, 5.74) is 9.79. The second-order valence-corrected chi connectivity index (χ2v) is 13.5. The second-order valence-electron chi connectivity index (χ2n) is 12.5. The van der Waals surface area contributed by atoms with E-state index in [-0.39, 0.29) is 0 Å². The summed E-state index contributed by atoms with van der Waals surface area (Å²) < 4.78 is 9.06. The number of hydrogen-bond donors (Lipinski definition) is 0. The Kier molecular flexibility index (Phi) is 6.39. The van der Waals surface area contributed by atoms with Gasteiger partial charge in [0.2, 0.25) is 0 Å². The molecule has 0 amide bonds. The molecule has 0 atom stereocenters. The number of furan rings is 1. The van der Waals surface area contributed by atoms with Gasteiger partial charge in [-0.15, -0.1) is 11.3 Å². The first-order valence-electron chi connectivity index (χ1n) is 16.6. The van der Waals surface area contributed by atoms with E-state index in [4.69, 9.17) is 4.42 Å². The topological polar surface area (TPSA) is 16.4 Å². The van der Waals surface area contributed by atoms with Crippen LogP contribution in [0.2, 0.25) is 0 Å². The maximum Gasteiger partial charge on any atom is 0.137 e. The molecule has 0 spiro atoms. The van der Waals surface area contributed by atoms with Crippen molar-refractivity contribution < 1.29 is 4.42 Å². The first kappa shape index (κ1) is 27.9. The molecule has 2 aromatic heterocycles. The Morgan fingerprint density at radius 2 is 1.02 bits per heavy atom. The van der Waals surface area contributed by atoms with Crippen molar-refractivity contribution in [3.05, 3.63) is 176 Å². The number of nitrogens with zero attached hydrogens (tertiary/aromatic N) is 1. The highest BCUT2D eigenvalue weighted by molar-refractivity contribution is 7.26. The lowest BCUT2D eigenvalue weighted by Crippen LogP contribution is -2.12. The monoisotopic (exact) mass is 643 g/mol. The molecule has 2 nitrogen and oxygen atoms in total. The van der Waals surface area contributed by atoms with Crippen LogP contribution in [0.1, 0.15) is 0 Å². The lowest BCUT2D eigenvalue weighted by atomic mass is 9.96. The van der Waals surface area contributed by atoms with E-state index in [1.807, 2.05) is 17.4 Å².